The summed E-state index contributed by atoms with van der Waals surface area (Å²) in [7, 11) is -3.57. The quantitative estimate of drug-likeness (QED) is 0.790. The first kappa shape index (κ1) is 19.9. The Balaban J connectivity index is 0.00000361. The summed E-state index contributed by atoms with van der Waals surface area (Å²) in [6.45, 7) is 5.94. The van der Waals surface area contributed by atoms with Crippen LogP contribution in [-0.4, -0.2) is 20.5 Å². The molecule has 116 valence electrons. The summed E-state index contributed by atoms with van der Waals surface area (Å²) in [6.07, 6.45) is 1.32. The maximum absolute atomic E-state index is 12.5. The first-order valence-electron chi connectivity index (χ1n) is 6.30. The lowest BCUT2D eigenvalue weighted by Crippen LogP contribution is -2.52. The molecule has 0 amide bonds. The normalized spacial score (nSPS) is 12.1. The van der Waals surface area contributed by atoms with Gasteiger partial charge in [0.2, 0.25) is 10.0 Å². The highest BCUT2D eigenvalue weighted by Crippen LogP contribution is 2.23. The maximum atomic E-state index is 12.5. The number of nitrogens with two attached hydrogens (primary N) is 1. The summed E-state index contributed by atoms with van der Waals surface area (Å²) in [5.74, 6) is 0. The topological polar surface area (TPSA) is 72.2 Å². The van der Waals surface area contributed by atoms with E-state index in [0.29, 0.717) is 23.3 Å². The van der Waals surface area contributed by atoms with E-state index in [1.807, 2.05) is 19.9 Å². The molecular weight excluding hydrogens is 364 g/mol. The van der Waals surface area contributed by atoms with Crippen LogP contribution in [0, 0.1) is 6.92 Å². The van der Waals surface area contributed by atoms with Crippen LogP contribution in [-0.2, 0) is 10.0 Å². The number of hydrogen-bond acceptors (Lipinski definition) is 3. The third-order valence-corrected chi connectivity index (χ3v) is 5.75. The number of nitrogens with one attached hydrogen (secondary N) is 1. The minimum absolute atomic E-state index is 0. The van der Waals surface area contributed by atoms with E-state index in [0.717, 1.165) is 4.47 Å². The minimum atomic E-state index is -3.57. The Morgan fingerprint density at radius 3 is 2.30 bits per heavy atom. The predicted molar refractivity (Wildman–Crippen MR) is 88.8 cm³/mol. The molecule has 0 aliphatic carbocycles. The molecule has 0 saturated heterocycles. The fourth-order valence-corrected chi connectivity index (χ4v) is 4.27. The average molecular weight is 386 g/mol. The third-order valence-electron chi connectivity index (χ3n) is 3.53. The monoisotopic (exact) mass is 384 g/mol. The van der Waals surface area contributed by atoms with Gasteiger partial charge in [0, 0.05) is 16.6 Å². The Morgan fingerprint density at radius 1 is 1.30 bits per heavy atom. The summed E-state index contributed by atoms with van der Waals surface area (Å²) < 4.78 is 28.5. The SMILES string of the molecule is CCC(CC)(CN)NS(=O)(=O)c1cc(Br)ccc1C.Cl. The van der Waals surface area contributed by atoms with Crippen LogP contribution in [0.2, 0.25) is 0 Å². The van der Waals surface area contributed by atoms with Crippen LogP contribution in [0.5, 0.6) is 0 Å². The Bertz CT molecular complexity index is 537. The average Bonchev–Trinajstić information content (AvgIpc) is 2.39. The second kappa shape index (κ2) is 7.75. The summed E-state index contributed by atoms with van der Waals surface area (Å²) in [5.41, 5.74) is 5.89. The van der Waals surface area contributed by atoms with Gasteiger partial charge in [-0.25, -0.2) is 13.1 Å². The molecule has 0 aromatic heterocycles. The molecule has 0 bridgehead atoms. The van der Waals surface area contributed by atoms with Gasteiger partial charge in [-0.1, -0.05) is 35.8 Å². The van der Waals surface area contributed by atoms with Crippen molar-refractivity contribution in [3.63, 3.8) is 0 Å². The molecule has 0 unspecified atom stereocenters. The van der Waals surface area contributed by atoms with Gasteiger partial charge in [0.25, 0.3) is 0 Å². The smallest absolute Gasteiger partial charge is 0.241 e. The lowest BCUT2D eigenvalue weighted by molar-refractivity contribution is 0.363. The Morgan fingerprint density at radius 2 is 1.85 bits per heavy atom. The molecule has 0 heterocycles. The van der Waals surface area contributed by atoms with E-state index in [2.05, 4.69) is 20.7 Å². The molecule has 0 spiro atoms. The number of rotatable bonds is 6. The summed E-state index contributed by atoms with van der Waals surface area (Å²) in [4.78, 5) is 0.293. The van der Waals surface area contributed by atoms with Crippen LogP contribution < -0.4 is 10.5 Å². The molecule has 3 N–H and O–H groups in total. The molecule has 20 heavy (non-hydrogen) atoms. The summed E-state index contributed by atoms with van der Waals surface area (Å²) in [6, 6.07) is 5.22. The summed E-state index contributed by atoms with van der Waals surface area (Å²) >= 11 is 3.30. The van der Waals surface area contributed by atoms with Crippen molar-refractivity contribution in [2.45, 2.75) is 44.0 Å². The van der Waals surface area contributed by atoms with Crippen molar-refractivity contribution in [3.8, 4) is 0 Å². The molecule has 0 aliphatic rings. The van der Waals surface area contributed by atoms with Crippen molar-refractivity contribution < 1.29 is 8.42 Å². The van der Waals surface area contributed by atoms with E-state index in [9.17, 15) is 8.42 Å². The van der Waals surface area contributed by atoms with Gasteiger partial charge in [-0.05, 0) is 37.5 Å². The molecule has 1 rings (SSSR count). The predicted octanol–water partition coefficient (Wildman–Crippen LogP) is 2.98. The van der Waals surface area contributed by atoms with E-state index >= 15 is 0 Å². The van der Waals surface area contributed by atoms with Crippen LogP contribution in [0.15, 0.2) is 27.6 Å². The molecule has 7 heteroatoms. The second-order valence-corrected chi connectivity index (χ2v) is 7.27. The minimum Gasteiger partial charge on any atom is -0.329 e. The highest BCUT2D eigenvalue weighted by Gasteiger charge is 2.31. The molecular formula is C13H22BrClN2O2S. The summed E-state index contributed by atoms with van der Waals surface area (Å²) in [5, 5.41) is 0. The van der Waals surface area contributed by atoms with E-state index < -0.39 is 15.6 Å². The van der Waals surface area contributed by atoms with E-state index in [1.165, 1.54) is 0 Å². The second-order valence-electron chi connectivity index (χ2n) is 4.71. The van der Waals surface area contributed by atoms with E-state index in [-0.39, 0.29) is 19.0 Å². The van der Waals surface area contributed by atoms with Crippen molar-refractivity contribution in [1.29, 1.82) is 0 Å². The largest absolute Gasteiger partial charge is 0.329 e. The zero-order chi connectivity index (χ0) is 14.7. The molecule has 0 atom stereocenters. The molecule has 1 aromatic rings. The standard InChI is InChI=1S/C13H21BrN2O2S.ClH/c1-4-13(5-2,9-15)16-19(17,18)12-8-11(14)7-6-10(12)3;/h6-8,16H,4-5,9,15H2,1-3H3;1H. The lowest BCUT2D eigenvalue weighted by atomic mass is 9.95. The van der Waals surface area contributed by atoms with Gasteiger partial charge < -0.3 is 5.73 Å². The zero-order valence-corrected chi connectivity index (χ0v) is 15.2. The maximum Gasteiger partial charge on any atom is 0.241 e. The van der Waals surface area contributed by atoms with Crippen molar-refractivity contribution in [2.75, 3.05) is 6.54 Å². The number of hydrogen-bond donors (Lipinski definition) is 2. The van der Waals surface area contributed by atoms with Crippen LogP contribution in [0.1, 0.15) is 32.3 Å². The lowest BCUT2D eigenvalue weighted by Gasteiger charge is -2.31. The first-order valence-corrected chi connectivity index (χ1v) is 8.58. The fourth-order valence-electron chi connectivity index (χ4n) is 1.93. The highest BCUT2D eigenvalue weighted by molar-refractivity contribution is 9.10. The number of sulfonamides is 1. The van der Waals surface area contributed by atoms with E-state index in [4.69, 9.17) is 5.73 Å². The van der Waals surface area contributed by atoms with Crippen molar-refractivity contribution in [1.82, 2.24) is 4.72 Å². The molecule has 4 nitrogen and oxygen atoms in total. The first-order chi connectivity index (χ1) is 8.80. The zero-order valence-electron chi connectivity index (χ0n) is 11.9. The Hall–Kier alpha value is -0.140. The number of benzene rings is 1. The van der Waals surface area contributed by atoms with Crippen LogP contribution in [0.25, 0.3) is 0 Å². The van der Waals surface area contributed by atoms with Crippen molar-refractivity contribution in [2.24, 2.45) is 5.73 Å². The molecule has 0 aliphatic heterocycles. The number of halogens is 2. The van der Waals surface area contributed by atoms with E-state index in [1.54, 1.807) is 19.1 Å². The molecule has 1 aromatic carbocycles. The Kier molecular flexibility index (Phi) is 7.70. The van der Waals surface area contributed by atoms with Gasteiger partial charge in [0.1, 0.15) is 0 Å². The van der Waals surface area contributed by atoms with Crippen LogP contribution in [0.3, 0.4) is 0 Å². The van der Waals surface area contributed by atoms with Gasteiger partial charge in [-0.15, -0.1) is 12.4 Å². The highest BCUT2D eigenvalue weighted by atomic mass is 79.9. The van der Waals surface area contributed by atoms with Crippen LogP contribution in [0.4, 0.5) is 0 Å². The Labute approximate surface area is 136 Å². The third kappa shape index (κ3) is 4.43. The molecule has 0 saturated carbocycles. The van der Waals surface area contributed by atoms with Crippen molar-refractivity contribution in [3.05, 3.63) is 28.2 Å². The fraction of sp³-hybridized carbons (Fsp3) is 0.538. The van der Waals surface area contributed by atoms with Crippen molar-refractivity contribution >= 4 is 38.4 Å². The van der Waals surface area contributed by atoms with Gasteiger partial charge >= 0.3 is 0 Å². The van der Waals surface area contributed by atoms with Gasteiger partial charge in [0.05, 0.1) is 4.90 Å². The van der Waals surface area contributed by atoms with Gasteiger partial charge in [0.15, 0.2) is 0 Å². The van der Waals surface area contributed by atoms with Gasteiger partial charge in [-0.3, -0.25) is 0 Å². The van der Waals surface area contributed by atoms with Gasteiger partial charge in [-0.2, -0.15) is 0 Å². The molecule has 0 fully saturated rings. The molecule has 0 radical (unpaired) electrons. The number of aryl methyl sites for hydroxylation is 1. The van der Waals surface area contributed by atoms with Crippen LogP contribution >= 0.6 is 28.3 Å².